The summed E-state index contributed by atoms with van der Waals surface area (Å²) in [5.41, 5.74) is 3.66. The van der Waals surface area contributed by atoms with Crippen LogP contribution < -0.4 is 0 Å². The van der Waals surface area contributed by atoms with E-state index in [9.17, 15) is 5.26 Å². The van der Waals surface area contributed by atoms with Crippen LogP contribution in [-0.4, -0.2) is 34.7 Å². The Morgan fingerprint density at radius 2 is 1.93 bits per heavy atom. The van der Waals surface area contributed by atoms with Crippen molar-refractivity contribution < 1.29 is 0 Å². The lowest BCUT2D eigenvalue weighted by molar-refractivity contribution is 0.340. The Bertz CT molecular complexity index is 1220. The lowest BCUT2D eigenvalue weighted by atomic mass is 9.97. The van der Waals surface area contributed by atoms with Crippen molar-refractivity contribution in [1.29, 1.82) is 5.26 Å². The predicted molar refractivity (Wildman–Crippen MR) is 114 cm³/mol. The largest absolute Gasteiger partial charge is 0.327 e. The molecule has 0 spiro atoms. The van der Waals surface area contributed by atoms with Gasteiger partial charge in [-0.15, -0.1) is 21.8 Å². The molecule has 0 amide bonds. The van der Waals surface area contributed by atoms with Gasteiger partial charge < -0.3 is 4.57 Å². The Morgan fingerprint density at radius 3 is 2.60 bits per heavy atom. The van der Waals surface area contributed by atoms with Gasteiger partial charge in [0.1, 0.15) is 18.3 Å². The maximum atomic E-state index is 9.18. The number of halogens is 1. The van der Waals surface area contributed by atoms with E-state index >= 15 is 0 Å². The molecule has 0 unspecified atom stereocenters. The molecule has 8 nitrogen and oxygen atoms in total. The number of nitrogens with zero attached hydrogens (tertiary/aromatic N) is 8. The SMILES string of the molecule is CC(C)(C)Cn1c(Cn2nnc(-c3ccc(CCl)cc3)n2)cc2cnc(C#N)nc21. The van der Waals surface area contributed by atoms with Gasteiger partial charge in [-0.2, -0.15) is 10.1 Å². The van der Waals surface area contributed by atoms with Gasteiger partial charge in [0.25, 0.3) is 0 Å². The number of hydrogen-bond donors (Lipinski definition) is 0. The Morgan fingerprint density at radius 1 is 1.17 bits per heavy atom. The molecular formula is C21H21ClN8. The number of tetrazole rings is 1. The molecule has 0 fully saturated rings. The molecule has 0 radical (unpaired) electrons. The second-order valence-electron chi connectivity index (χ2n) is 8.34. The molecule has 0 aliphatic heterocycles. The van der Waals surface area contributed by atoms with E-state index in [0.29, 0.717) is 18.2 Å². The van der Waals surface area contributed by atoms with Gasteiger partial charge >= 0.3 is 0 Å². The Hall–Kier alpha value is -3.31. The Balaban J connectivity index is 1.69. The fraction of sp³-hybridized carbons (Fsp3) is 0.333. The molecule has 0 aliphatic carbocycles. The third kappa shape index (κ3) is 4.16. The smallest absolute Gasteiger partial charge is 0.234 e. The first-order valence-corrected chi connectivity index (χ1v) is 10.1. The molecule has 0 bridgehead atoms. The Labute approximate surface area is 179 Å². The van der Waals surface area contributed by atoms with Crippen LogP contribution in [0.2, 0.25) is 0 Å². The van der Waals surface area contributed by atoms with Gasteiger partial charge in [0.2, 0.25) is 11.6 Å². The zero-order chi connectivity index (χ0) is 21.3. The van der Waals surface area contributed by atoms with E-state index in [1.165, 1.54) is 0 Å². The molecule has 30 heavy (non-hydrogen) atoms. The van der Waals surface area contributed by atoms with Gasteiger partial charge in [-0.05, 0) is 22.3 Å². The summed E-state index contributed by atoms with van der Waals surface area (Å²) >= 11 is 5.86. The summed E-state index contributed by atoms with van der Waals surface area (Å²) in [6.45, 7) is 7.64. The van der Waals surface area contributed by atoms with Crippen molar-refractivity contribution in [2.75, 3.05) is 0 Å². The highest BCUT2D eigenvalue weighted by Gasteiger charge is 2.19. The zero-order valence-corrected chi connectivity index (χ0v) is 17.8. The van der Waals surface area contributed by atoms with Crippen molar-refractivity contribution in [1.82, 2.24) is 34.7 Å². The number of alkyl halides is 1. The van der Waals surface area contributed by atoms with Crippen molar-refractivity contribution in [3.63, 3.8) is 0 Å². The molecule has 4 rings (SSSR count). The summed E-state index contributed by atoms with van der Waals surface area (Å²) in [5, 5.41) is 23.0. The standard InChI is InChI=1S/C21H21ClN8/c1-21(2,3)13-29-17(8-16-11-24-18(10-23)25-20(16)29)12-30-27-19(26-28-30)15-6-4-14(9-22)5-7-15/h4-8,11H,9,12-13H2,1-3H3. The van der Waals surface area contributed by atoms with Crippen LogP contribution in [0.5, 0.6) is 0 Å². The van der Waals surface area contributed by atoms with Crippen LogP contribution in [0.15, 0.2) is 36.5 Å². The van der Waals surface area contributed by atoms with Gasteiger partial charge in [-0.1, -0.05) is 45.0 Å². The Kier molecular flexibility index (Phi) is 5.22. The van der Waals surface area contributed by atoms with Gasteiger partial charge in [0.15, 0.2) is 0 Å². The second-order valence-corrected chi connectivity index (χ2v) is 8.61. The number of fused-ring (bicyclic) bond motifs is 1. The highest BCUT2D eigenvalue weighted by atomic mass is 35.5. The van der Waals surface area contributed by atoms with E-state index in [1.54, 1.807) is 11.0 Å². The predicted octanol–water partition coefficient (Wildman–Crippen LogP) is 3.79. The van der Waals surface area contributed by atoms with E-state index < -0.39 is 0 Å². The summed E-state index contributed by atoms with van der Waals surface area (Å²) in [6.07, 6.45) is 1.68. The van der Waals surface area contributed by atoms with Crippen LogP contribution >= 0.6 is 11.6 Å². The van der Waals surface area contributed by atoms with Crippen LogP contribution in [0, 0.1) is 16.7 Å². The molecule has 3 aromatic heterocycles. The topological polar surface area (TPSA) is 98.1 Å². The third-order valence-corrected chi connectivity index (χ3v) is 4.88. The average molecular weight is 421 g/mol. The molecule has 4 aromatic rings. The number of hydrogen-bond acceptors (Lipinski definition) is 6. The summed E-state index contributed by atoms with van der Waals surface area (Å²) in [4.78, 5) is 10.1. The summed E-state index contributed by atoms with van der Waals surface area (Å²) < 4.78 is 2.11. The summed E-state index contributed by atoms with van der Waals surface area (Å²) in [6, 6.07) is 11.8. The lowest BCUT2D eigenvalue weighted by Crippen LogP contribution is -2.19. The fourth-order valence-corrected chi connectivity index (χ4v) is 3.42. The molecule has 3 heterocycles. The van der Waals surface area contributed by atoms with E-state index in [0.717, 1.165) is 34.4 Å². The fourth-order valence-electron chi connectivity index (χ4n) is 3.24. The molecule has 0 N–H and O–H groups in total. The number of benzene rings is 1. The van der Waals surface area contributed by atoms with E-state index in [-0.39, 0.29) is 11.2 Å². The molecule has 0 saturated carbocycles. The maximum absolute atomic E-state index is 9.18. The van der Waals surface area contributed by atoms with Crippen molar-refractivity contribution in [2.24, 2.45) is 5.41 Å². The minimum atomic E-state index is 0.0174. The monoisotopic (exact) mass is 420 g/mol. The van der Waals surface area contributed by atoms with Gasteiger partial charge in [0.05, 0.1) is 0 Å². The van der Waals surface area contributed by atoms with Gasteiger partial charge in [0, 0.05) is 35.3 Å². The van der Waals surface area contributed by atoms with Crippen LogP contribution in [-0.2, 0) is 19.0 Å². The van der Waals surface area contributed by atoms with E-state index in [1.807, 2.05) is 36.4 Å². The number of aromatic nitrogens is 7. The van der Waals surface area contributed by atoms with Crippen LogP contribution in [0.3, 0.4) is 0 Å². The first-order chi connectivity index (χ1) is 14.4. The second kappa shape index (κ2) is 7.84. The third-order valence-electron chi connectivity index (χ3n) is 4.58. The van der Waals surface area contributed by atoms with Crippen molar-refractivity contribution in [3.8, 4) is 17.5 Å². The zero-order valence-electron chi connectivity index (χ0n) is 17.0. The molecule has 9 heteroatoms. The molecule has 1 aromatic carbocycles. The first kappa shape index (κ1) is 20.0. The van der Waals surface area contributed by atoms with E-state index in [4.69, 9.17) is 11.6 Å². The minimum Gasteiger partial charge on any atom is -0.327 e. The summed E-state index contributed by atoms with van der Waals surface area (Å²) in [7, 11) is 0. The minimum absolute atomic E-state index is 0.0174. The number of nitriles is 1. The normalized spacial score (nSPS) is 11.7. The molecule has 0 aliphatic rings. The van der Waals surface area contributed by atoms with Crippen LogP contribution in [0.1, 0.15) is 37.9 Å². The molecule has 152 valence electrons. The molecular weight excluding hydrogens is 400 g/mol. The van der Waals surface area contributed by atoms with E-state index in [2.05, 4.69) is 50.7 Å². The maximum Gasteiger partial charge on any atom is 0.234 e. The lowest BCUT2D eigenvalue weighted by Gasteiger charge is -2.21. The van der Waals surface area contributed by atoms with Gasteiger partial charge in [-0.3, -0.25) is 0 Å². The number of rotatable bonds is 5. The highest BCUT2D eigenvalue weighted by Crippen LogP contribution is 2.25. The first-order valence-electron chi connectivity index (χ1n) is 9.54. The summed E-state index contributed by atoms with van der Waals surface area (Å²) in [5.74, 6) is 1.18. The highest BCUT2D eigenvalue weighted by molar-refractivity contribution is 6.17. The molecule has 0 atom stereocenters. The van der Waals surface area contributed by atoms with Gasteiger partial charge in [-0.25, -0.2) is 9.97 Å². The quantitative estimate of drug-likeness (QED) is 0.455. The van der Waals surface area contributed by atoms with Crippen molar-refractivity contribution >= 4 is 22.6 Å². The molecule has 0 saturated heterocycles. The average Bonchev–Trinajstić information content (AvgIpc) is 3.32. The van der Waals surface area contributed by atoms with Crippen LogP contribution in [0.25, 0.3) is 22.4 Å². The van der Waals surface area contributed by atoms with Crippen molar-refractivity contribution in [2.45, 2.75) is 39.7 Å². The van der Waals surface area contributed by atoms with Crippen LogP contribution in [0.4, 0.5) is 0 Å². The van der Waals surface area contributed by atoms with Crippen molar-refractivity contribution in [3.05, 3.63) is 53.6 Å².